The van der Waals surface area contributed by atoms with Gasteiger partial charge in [0.1, 0.15) is 5.60 Å². The summed E-state index contributed by atoms with van der Waals surface area (Å²) in [5, 5.41) is 13.3. The molecule has 2 N–H and O–H groups in total. The maximum atomic E-state index is 13.3. The zero-order valence-electron chi connectivity index (χ0n) is 19.0. The minimum Gasteiger partial charge on any atom is -0.380 e. The summed E-state index contributed by atoms with van der Waals surface area (Å²) < 4.78 is 26.5. The predicted octanol–water partition coefficient (Wildman–Crippen LogP) is 3.64. The molecule has 35 heavy (non-hydrogen) atoms. The third-order valence-electron chi connectivity index (χ3n) is 7.48. The number of nitrogens with one attached hydrogen (secondary N) is 1. The number of aromatic amines is 1. The molecule has 2 aromatic heterocycles. The van der Waals surface area contributed by atoms with E-state index in [2.05, 4.69) is 9.97 Å². The second-order valence-electron chi connectivity index (χ2n) is 9.37. The van der Waals surface area contributed by atoms with Gasteiger partial charge in [-0.2, -0.15) is 0 Å². The quantitative estimate of drug-likeness (QED) is 0.449. The zero-order valence-corrected chi connectivity index (χ0v) is 19.8. The molecular weight excluding hydrogens is 462 g/mol. The van der Waals surface area contributed by atoms with Crippen molar-refractivity contribution in [1.82, 2.24) is 14.9 Å². The van der Waals surface area contributed by atoms with Crippen LogP contribution in [-0.2, 0) is 21.2 Å². The van der Waals surface area contributed by atoms with Crippen LogP contribution in [0.3, 0.4) is 0 Å². The monoisotopic (exact) mass is 487 g/mol. The molecule has 0 aliphatic carbocycles. The lowest BCUT2D eigenvalue weighted by molar-refractivity contribution is -0.0144. The predicted molar refractivity (Wildman–Crippen MR) is 131 cm³/mol. The molecule has 4 aromatic rings. The van der Waals surface area contributed by atoms with E-state index in [0.717, 1.165) is 10.9 Å². The van der Waals surface area contributed by atoms with Gasteiger partial charge in [0.25, 0.3) is 5.91 Å². The molecule has 7 nitrogen and oxygen atoms in total. The maximum absolute atomic E-state index is 13.3. The average Bonchev–Trinajstić information content (AvgIpc) is 3.35. The molecule has 1 atom stereocenters. The number of amides is 1. The molecular formula is C27H25N3O4S. The number of carbonyl (C=O) groups excluding carboxylic acids is 1. The third kappa shape index (κ3) is 3.39. The second kappa shape index (κ2) is 8.03. The Kier molecular flexibility index (Phi) is 5.05. The number of piperidine rings is 1. The van der Waals surface area contributed by atoms with Crippen LogP contribution in [-0.4, -0.2) is 47.4 Å². The van der Waals surface area contributed by atoms with E-state index in [1.54, 1.807) is 59.9 Å². The van der Waals surface area contributed by atoms with Crippen molar-refractivity contribution in [3.63, 3.8) is 0 Å². The molecule has 6 rings (SSSR count). The molecule has 4 heterocycles. The molecule has 8 heteroatoms. The number of sulfone groups is 1. The van der Waals surface area contributed by atoms with Gasteiger partial charge in [-0.25, -0.2) is 8.42 Å². The number of pyridine rings is 1. The molecule has 0 saturated carbocycles. The van der Waals surface area contributed by atoms with Gasteiger partial charge in [-0.1, -0.05) is 42.5 Å². The minimum absolute atomic E-state index is 0.0970. The van der Waals surface area contributed by atoms with Gasteiger partial charge >= 0.3 is 0 Å². The number of nitrogens with zero attached hydrogens (tertiary/aromatic N) is 2. The Bertz CT molecular complexity index is 1550. The van der Waals surface area contributed by atoms with E-state index in [4.69, 9.17) is 0 Å². The highest BCUT2D eigenvalue weighted by atomic mass is 32.2. The lowest BCUT2D eigenvalue weighted by Gasteiger charge is -2.42. The molecule has 0 radical (unpaired) electrons. The number of benzene rings is 2. The first-order valence-corrected chi connectivity index (χ1v) is 13.4. The van der Waals surface area contributed by atoms with E-state index in [1.807, 2.05) is 18.2 Å². The average molecular weight is 488 g/mol. The molecule has 1 amide bonds. The fraction of sp³-hybridized carbons (Fsp3) is 0.259. The van der Waals surface area contributed by atoms with Crippen molar-refractivity contribution in [2.45, 2.75) is 29.1 Å². The Morgan fingerprint density at radius 1 is 1.00 bits per heavy atom. The molecule has 0 spiro atoms. The zero-order chi connectivity index (χ0) is 24.2. The topological polar surface area (TPSA) is 103 Å². The van der Waals surface area contributed by atoms with Crippen LogP contribution in [0.1, 0.15) is 39.9 Å². The Hall–Kier alpha value is -3.49. The largest absolute Gasteiger partial charge is 0.380 e. The Morgan fingerprint density at radius 3 is 2.51 bits per heavy atom. The molecule has 2 aromatic carbocycles. The highest BCUT2D eigenvalue weighted by Gasteiger charge is 2.47. The minimum atomic E-state index is -3.61. The number of fused-ring (bicyclic) bond motifs is 3. The standard InChI is InChI=1S/C27H25N3O4S/c31-26(21-16-28-15-18-9-12-29-25(18)21)30-13-10-20(11-14-30)27(32)22-6-2-1-5-19(22)17-35(33,34)24-8-4-3-7-23(24)27/h1-9,12,15-16,20,29,32H,10-11,13-14,17H2. The number of aliphatic hydroxyl groups is 1. The normalized spacial score (nSPS) is 21.8. The van der Waals surface area contributed by atoms with Crippen LogP contribution in [0.5, 0.6) is 0 Å². The number of rotatable bonds is 2. The van der Waals surface area contributed by atoms with Crippen LogP contribution in [0.2, 0.25) is 0 Å². The van der Waals surface area contributed by atoms with Crippen molar-refractivity contribution >= 4 is 26.6 Å². The highest BCUT2D eigenvalue weighted by molar-refractivity contribution is 7.90. The van der Waals surface area contributed by atoms with Crippen molar-refractivity contribution in [2.24, 2.45) is 5.92 Å². The van der Waals surface area contributed by atoms with Crippen molar-refractivity contribution in [1.29, 1.82) is 0 Å². The number of hydrogen-bond donors (Lipinski definition) is 2. The smallest absolute Gasteiger partial charge is 0.257 e. The van der Waals surface area contributed by atoms with Crippen molar-refractivity contribution in [3.8, 4) is 0 Å². The molecule has 178 valence electrons. The summed E-state index contributed by atoms with van der Waals surface area (Å²) in [7, 11) is -3.61. The molecule has 0 bridgehead atoms. The van der Waals surface area contributed by atoms with Gasteiger partial charge in [0, 0.05) is 42.6 Å². The van der Waals surface area contributed by atoms with Crippen molar-refractivity contribution < 1.29 is 18.3 Å². The SMILES string of the molecule is O=C(c1cncc2cc[nH]c12)N1CCC(C2(O)c3ccccc3CS(=O)(=O)c3ccccc32)CC1. The third-order valence-corrected chi connectivity index (χ3v) is 9.19. The van der Waals surface area contributed by atoms with Gasteiger partial charge in [-0.15, -0.1) is 0 Å². The first-order valence-electron chi connectivity index (χ1n) is 11.7. The summed E-state index contributed by atoms with van der Waals surface area (Å²) in [5.74, 6) is -0.491. The molecule has 1 saturated heterocycles. The van der Waals surface area contributed by atoms with Gasteiger partial charge in [0.05, 0.1) is 21.7 Å². The first kappa shape index (κ1) is 22.0. The maximum Gasteiger partial charge on any atom is 0.257 e. The van der Waals surface area contributed by atoms with Gasteiger partial charge in [-0.3, -0.25) is 9.78 Å². The van der Waals surface area contributed by atoms with E-state index >= 15 is 0 Å². The lowest BCUT2D eigenvalue weighted by atomic mass is 9.71. The summed E-state index contributed by atoms with van der Waals surface area (Å²) in [6, 6.07) is 15.9. The fourth-order valence-corrected chi connectivity index (χ4v) is 7.41. The molecule has 1 fully saturated rings. The summed E-state index contributed by atoms with van der Waals surface area (Å²) in [6.45, 7) is 0.917. The Morgan fingerprint density at radius 2 is 1.71 bits per heavy atom. The van der Waals surface area contributed by atoms with Crippen LogP contribution >= 0.6 is 0 Å². The summed E-state index contributed by atoms with van der Waals surface area (Å²) in [4.78, 5) is 22.6. The first-order chi connectivity index (χ1) is 16.9. The van der Waals surface area contributed by atoms with E-state index in [9.17, 15) is 18.3 Å². The van der Waals surface area contributed by atoms with Gasteiger partial charge in [-0.05, 0) is 42.0 Å². The van der Waals surface area contributed by atoms with Crippen LogP contribution in [0.25, 0.3) is 10.9 Å². The lowest BCUT2D eigenvalue weighted by Crippen LogP contribution is -2.46. The Labute approximate surface area is 203 Å². The van der Waals surface area contributed by atoms with Gasteiger partial charge in [0.15, 0.2) is 9.84 Å². The fourth-order valence-electron chi connectivity index (χ4n) is 5.75. The number of aromatic nitrogens is 2. The summed E-state index contributed by atoms with van der Waals surface area (Å²) in [6.07, 6.45) is 6.18. The van der Waals surface area contributed by atoms with E-state index in [-0.39, 0.29) is 22.5 Å². The van der Waals surface area contributed by atoms with E-state index < -0.39 is 15.4 Å². The number of likely N-dealkylation sites (tertiary alicyclic amines) is 1. The summed E-state index contributed by atoms with van der Waals surface area (Å²) >= 11 is 0. The van der Waals surface area contributed by atoms with Crippen molar-refractivity contribution in [3.05, 3.63) is 95.4 Å². The molecule has 2 aliphatic rings. The number of carbonyl (C=O) groups is 1. The number of hydrogen-bond acceptors (Lipinski definition) is 5. The van der Waals surface area contributed by atoms with Crippen molar-refractivity contribution in [2.75, 3.05) is 13.1 Å². The van der Waals surface area contributed by atoms with E-state index in [0.29, 0.717) is 48.2 Å². The van der Waals surface area contributed by atoms with Crippen LogP contribution in [0, 0.1) is 5.92 Å². The molecule has 1 unspecified atom stereocenters. The summed E-state index contributed by atoms with van der Waals surface area (Å²) in [5.41, 5.74) is 1.51. The second-order valence-corrected chi connectivity index (χ2v) is 11.3. The highest BCUT2D eigenvalue weighted by Crippen LogP contribution is 2.48. The van der Waals surface area contributed by atoms with Crippen LogP contribution < -0.4 is 0 Å². The molecule has 2 aliphatic heterocycles. The number of H-pyrrole nitrogens is 1. The van der Waals surface area contributed by atoms with Crippen LogP contribution in [0.4, 0.5) is 0 Å². The van der Waals surface area contributed by atoms with Gasteiger partial charge in [0.2, 0.25) is 0 Å². The van der Waals surface area contributed by atoms with Gasteiger partial charge < -0.3 is 15.0 Å². The Balaban J connectivity index is 1.36. The van der Waals surface area contributed by atoms with E-state index in [1.165, 1.54) is 0 Å². The van der Waals surface area contributed by atoms with Crippen LogP contribution in [0.15, 0.2) is 78.1 Å².